The van der Waals surface area contributed by atoms with Gasteiger partial charge in [0.15, 0.2) is 0 Å². The number of urea groups is 1. The second-order valence-corrected chi connectivity index (χ2v) is 7.88. The zero-order valence-electron chi connectivity index (χ0n) is 16.4. The molecule has 2 aromatic carbocycles. The summed E-state index contributed by atoms with van der Waals surface area (Å²) in [6, 6.07) is 16.0. The van der Waals surface area contributed by atoms with E-state index in [1.807, 2.05) is 41.5 Å². The van der Waals surface area contributed by atoms with E-state index in [-0.39, 0.29) is 17.9 Å². The SMILES string of the molecule is CNC(=O)N1CCCC(c2cccc(C(=O)NCc3ccc(SC)cc3)c2)C1. The van der Waals surface area contributed by atoms with Gasteiger partial charge in [0.25, 0.3) is 5.91 Å². The van der Waals surface area contributed by atoms with Gasteiger partial charge >= 0.3 is 6.03 Å². The molecule has 0 saturated carbocycles. The van der Waals surface area contributed by atoms with Gasteiger partial charge in [0.05, 0.1) is 0 Å². The van der Waals surface area contributed by atoms with Gasteiger partial charge in [-0.05, 0) is 54.5 Å². The molecule has 0 radical (unpaired) electrons. The molecular formula is C22H27N3O2S. The van der Waals surface area contributed by atoms with Crippen molar-refractivity contribution in [3.05, 3.63) is 65.2 Å². The largest absolute Gasteiger partial charge is 0.348 e. The van der Waals surface area contributed by atoms with Gasteiger partial charge in [-0.25, -0.2) is 4.79 Å². The summed E-state index contributed by atoms with van der Waals surface area (Å²) in [4.78, 5) is 27.6. The van der Waals surface area contributed by atoms with E-state index in [9.17, 15) is 9.59 Å². The second-order valence-electron chi connectivity index (χ2n) is 7.00. The summed E-state index contributed by atoms with van der Waals surface area (Å²) in [6.07, 6.45) is 4.05. The molecule has 0 spiro atoms. The Labute approximate surface area is 170 Å². The van der Waals surface area contributed by atoms with Gasteiger partial charge in [0.2, 0.25) is 0 Å². The van der Waals surface area contributed by atoms with E-state index in [0.29, 0.717) is 18.7 Å². The van der Waals surface area contributed by atoms with Crippen LogP contribution in [-0.4, -0.2) is 43.2 Å². The van der Waals surface area contributed by atoms with E-state index in [0.717, 1.165) is 30.5 Å². The van der Waals surface area contributed by atoms with Crippen molar-refractivity contribution in [1.82, 2.24) is 15.5 Å². The average Bonchev–Trinajstić information content (AvgIpc) is 2.77. The molecular weight excluding hydrogens is 370 g/mol. The van der Waals surface area contributed by atoms with Crippen molar-refractivity contribution in [2.75, 3.05) is 26.4 Å². The molecule has 1 aliphatic rings. The van der Waals surface area contributed by atoms with Crippen LogP contribution in [-0.2, 0) is 6.54 Å². The molecule has 148 valence electrons. The number of hydrogen-bond donors (Lipinski definition) is 2. The number of carbonyl (C=O) groups excluding carboxylic acids is 2. The maximum Gasteiger partial charge on any atom is 0.317 e. The van der Waals surface area contributed by atoms with Crippen molar-refractivity contribution in [1.29, 1.82) is 0 Å². The summed E-state index contributed by atoms with van der Waals surface area (Å²) in [7, 11) is 1.66. The normalized spacial score (nSPS) is 16.5. The molecule has 1 aliphatic heterocycles. The van der Waals surface area contributed by atoms with Gasteiger partial charge in [0, 0.05) is 43.1 Å². The molecule has 3 rings (SSSR count). The second kappa shape index (κ2) is 9.64. The minimum absolute atomic E-state index is 0.0360. The summed E-state index contributed by atoms with van der Waals surface area (Å²) in [5, 5.41) is 5.70. The smallest absolute Gasteiger partial charge is 0.317 e. The highest BCUT2D eigenvalue weighted by Crippen LogP contribution is 2.27. The number of nitrogens with zero attached hydrogens (tertiary/aromatic N) is 1. The summed E-state index contributed by atoms with van der Waals surface area (Å²) < 4.78 is 0. The van der Waals surface area contributed by atoms with Crippen molar-refractivity contribution < 1.29 is 9.59 Å². The van der Waals surface area contributed by atoms with Crippen molar-refractivity contribution in [3.8, 4) is 0 Å². The highest BCUT2D eigenvalue weighted by Gasteiger charge is 2.24. The van der Waals surface area contributed by atoms with E-state index in [1.54, 1.807) is 18.8 Å². The van der Waals surface area contributed by atoms with E-state index in [1.165, 1.54) is 4.90 Å². The molecule has 1 saturated heterocycles. The minimum atomic E-state index is -0.0743. The third kappa shape index (κ3) is 5.07. The number of rotatable bonds is 5. The number of likely N-dealkylation sites (tertiary alicyclic amines) is 1. The minimum Gasteiger partial charge on any atom is -0.348 e. The zero-order chi connectivity index (χ0) is 19.9. The topological polar surface area (TPSA) is 61.4 Å². The lowest BCUT2D eigenvalue weighted by atomic mass is 9.89. The molecule has 1 fully saturated rings. The van der Waals surface area contributed by atoms with E-state index in [4.69, 9.17) is 0 Å². The van der Waals surface area contributed by atoms with Crippen LogP contribution in [0.2, 0.25) is 0 Å². The van der Waals surface area contributed by atoms with Crippen molar-refractivity contribution in [2.24, 2.45) is 0 Å². The summed E-state index contributed by atoms with van der Waals surface area (Å²) >= 11 is 1.70. The molecule has 5 nitrogen and oxygen atoms in total. The van der Waals surface area contributed by atoms with Crippen LogP contribution >= 0.6 is 11.8 Å². The van der Waals surface area contributed by atoms with Crippen LogP contribution in [0.1, 0.15) is 40.2 Å². The fraction of sp³-hybridized carbons (Fsp3) is 0.364. The zero-order valence-corrected chi connectivity index (χ0v) is 17.2. The molecule has 0 bridgehead atoms. The highest BCUT2D eigenvalue weighted by atomic mass is 32.2. The number of piperidine rings is 1. The number of carbonyl (C=O) groups is 2. The van der Waals surface area contributed by atoms with Gasteiger partial charge in [0.1, 0.15) is 0 Å². The standard InChI is InChI=1S/C22H27N3O2S/c1-23-22(27)25-12-4-7-19(15-25)17-5-3-6-18(13-17)21(26)24-14-16-8-10-20(28-2)11-9-16/h3,5-6,8-11,13,19H,4,7,12,14-15H2,1-2H3,(H,23,27)(H,24,26). The van der Waals surface area contributed by atoms with Crippen LogP contribution < -0.4 is 10.6 Å². The number of thioether (sulfide) groups is 1. The average molecular weight is 398 g/mol. The van der Waals surface area contributed by atoms with Crippen LogP contribution in [0.3, 0.4) is 0 Å². The maximum atomic E-state index is 12.6. The Kier molecular flexibility index (Phi) is 6.98. The third-order valence-electron chi connectivity index (χ3n) is 5.15. The predicted octanol–water partition coefficient (Wildman–Crippen LogP) is 3.86. The van der Waals surface area contributed by atoms with Crippen LogP contribution in [0.25, 0.3) is 0 Å². The monoisotopic (exact) mass is 397 g/mol. The molecule has 1 unspecified atom stereocenters. The molecule has 0 aromatic heterocycles. The molecule has 2 N–H and O–H groups in total. The Hall–Kier alpha value is -2.47. The molecule has 0 aliphatic carbocycles. The van der Waals surface area contributed by atoms with Crippen molar-refractivity contribution in [3.63, 3.8) is 0 Å². The van der Waals surface area contributed by atoms with Crippen LogP contribution in [0.5, 0.6) is 0 Å². The van der Waals surface area contributed by atoms with Crippen molar-refractivity contribution >= 4 is 23.7 Å². The van der Waals surface area contributed by atoms with Gasteiger partial charge in [-0.2, -0.15) is 0 Å². The van der Waals surface area contributed by atoms with Gasteiger partial charge in [-0.1, -0.05) is 24.3 Å². The van der Waals surface area contributed by atoms with Crippen LogP contribution in [0.15, 0.2) is 53.4 Å². The Morgan fingerprint density at radius 1 is 1.18 bits per heavy atom. The molecule has 3 amide bonds. The number of benzene rings is 2. The van der Waals surface area contributed by atoms with Gasteiger partial charge in [-0.15, -0.1) is 11.8 Å². The molecule has 6 heteroatoms. The lowest BCUT2D eigenvalue weighted by Crippen LogP contribution is -2.43. The van der Waals surface area contributed by atoms with Gasteiger partial charge < -0.3 is 15.5 Å². The Morgan fingerprint density at radius 3 is 2.68 bits per heavy atom. The fourth-order valence-corrected chi connectivity index (χ4v) is 3.96. The van der Waals surface area contributed by atoms with Crippen molar-refractivity contribution in [2.45, 2.75) is 30.2 Å². The van der Waals surface area contributed by atoms with Crippen LogP contribution in [0, 0.1) is 0 Å². The van der Waals surface area contributed by atoms with Crippen LogP contribution in [0.4, 0.5) is 4.79 Å². The molecule has 2 aromatic rings. The number of nitrogens with one attached hydrogen (secondary N) is 2. The number of hydrogen-bond acceptors (Lipinski definition) is 3. The Morgan fingerprint density at radius 2 is 1.96 bits per heavy atom. The maximum absolute atomic E-state index is 12.6. The number of amides is 3. The first-order chi connectivity index (χ1) is 13.6. The third-order valence-corrected chi connectivity index (χ3v) is 5.90. The summed E-state index contributed by atoms with van der Waals surface area (Å²) in [6.45, 7) is 1.98. The summed E-state index contributed by atoms with van der Waals surface area (Å²) in [5.41, 5.74) is 2.86. The van der Waals surface area contributed by atoms with E-state index >= 15 is 0 Å². The molecule has 1 atom stereocenters. The first-order valence-corrected chi connectivity index (χ1v) is 10.8. The molecule has 28 heavy (non-hydrogen) atoms. The fourth-order valence-electron chi connectivity index (χ4n) is 3.55. The predicted molar refractivity (Wildman–Crippen MR) is 114 cm³/mol. The Bertz CT molecular complexity index is 823. The van der Waals surface area contributed by atoms with E-state index in [2.05, 4.69) is 28.8 Å². The van der Waals surface area contributed by atoms with E-state index < -0.39 is 0 Å². The van der Waals surface area contributed by atoms with Gasteiger partial charge in [-0.3, -0.25) is 4.79 Å². The highest BCUT2D eigenvalue weighted by molar-refractivity contribution is 7.98. The quantitative estimate of drug-likeness (QED) is 0.753. The lowest BCUT2D eigenvalue weighted by molar-refractivity contribution is 0.0950. The first-order valence-electron chi connectivity index (χ1n) is 9.58. The lowest BCUT2D eigenvalue weighted by Gasteiger charge is -2.32. The summed E-state index contributed by atoms with van der Waals surface area (Å²) in [5.74, 6) is 0.188. The Balaban J connectivity index is 1.63. The molecule has 1 heterocycles. The first kappa shape index (κ1) is 20.3.